The summed E-state index contributed by atoms with van der Waals surface area (Å²) in [6.07, 6.45) is 0. The van der Waals surface area contributed by atoms with Gasteiger partial charge in [-0.3, -0.25) is 9.59 Å². The number of amides is 1. The van der Waals surface area contributed by atoms with E-state index in [2.05, 4.69) is 15.3 Å². The zero-order valence-corrected chi connectivity index (χ0v) is 14.5. The van der Waals surface area contributed by atoms with Crippen LogP contribution < -0.4 is 11.0 Å². The molecule has 26 heavy (non-hydrogen) atoms. The number of nitrogens with one attached hydrogen (secondary N) is 2. The summed E-state index contributed by atoms with van der Waals surface area (Å²) in [5.41, 5.74) is 1.37. The smallest absolute Gasteiger partial charge is 0.321 e. The predicted molar refractivity (Wildman–Crippen MR) is 99.7 cm³/mol. The molecule has 0 spiro atoms. The third-order valence-corrected chi connectivity index (χ3v) is 3.91. The van der Waals surface area contributed by atoms with Crippen LogP contribution in [0.1, 0.15) is 27.8 Å². The lowest BCUT2D eigenvalue weighted by atomic mass is 10.1. The van der Waals surface area contributed by atoms with Gasteiger partial charge in [0.2, 0.25) is 0 Å². The van der Waals surface area contributed by atoms with Gasteiger partial charge in [-0.05, 0) is 37.3 Å². The van der Waals surface area contributed by atoms with E-state index < -0.39 is 11.6 Å². The number of aromatic amines is 1. The highest BCUT2D eigenvalue weighted by Gasteiger charge is 2.12. The molecule has 0 unspecified atom stereocenters. The van der Waals surface area contributed by atoms with Crippen molar-refractivity contribution in [1.29, 1.82) is 0 Å². The number of aromatic nitrogens is 2. The zero-order valence-electron chi connectivity index (χ0n) is 13.7. The molecule has 0 atom stereocenters. The molecule has 2 aromatic carbocycles. The summed E-state index contributed by atoms with van der Waals surface area (Å²) in [7, 11) is 0. The molecule has 7 heteroatoms. The summed E-state index contributed by atoms with van der Waals surface area (Å²) in [4.78, 5) is 42.0. The van der Waals surface area contributed by atoms with E-state index in [9.17, 15) is 14.4 Å². The number of carbonyl (C=O) groups is 2. The Balaban J connectivity index is 1.90. The number of benzene rings is 2. The summed E-state index contributed by atoms with van der Waals surface area (Å²) < 4.78 is 0. The normalized spacial score (nSPS) is 10.4. The molecule has 2 N–H and O–H groups in total. The minimum atomic E-state index is -0.639. The molecule has 1 amide bonds. The second-order valence-electron chi connectivity index (χ2n) is 5.58. The first kappa shape index (κ1) is 17.6. The van der Waals surface area contributed by atoms with Gasteiger partial charge in [-0.1, -0.05) is 35.9 Å². The van der Waals surface area contributed by atoms with Crippen LogP contribution in [-0.4, -0.2) is 21.7 Å². The van der Waals surface area contributed by atoms with Gasteiger partial charge < -0.3 is 10.3 Å². The number of Topliss-reactive ketones (excluding diaryl/α,β-unsaturated/α-hetero) is 1. The highest BCUT2D eigenvalue weighted by molar-refractivity contribution is 6.30. The summed E-state index contributed by atoms with van der Waals surface area (Å²) >= 11 is 5.86. The Hall–Kier alpha value is -3.25. The van der Waals surface area contributed by atoms with Crippen LogP contribution in [0.4, 0.5) is 5.69 Å². The van der Waals surface area contributed by atoms with Crippen molar-refractivity contribution < 1.29 is 9.59 Å². The van der Waals surface area contributed by atoms with Crippen LogP contribution in [0, 0.1) is 0 Å². The van der Waals surface area contributed by atoms with Gasteiger partial charge in [-0.25, -0.2) is 4.79 Å². The number of nitrogens with zero attached hydrogens (tertiary/aromatic N) is 1. The van der Waals surface area contributed by atoms with Gasteiger partial charge in [0, 0.05) is 21.8 Å². The van der Waals surface area contributed by atoms with Crippen molar-refractivity contribution in [3.63, 3.8) is 0 Å². The standard InChI is InChI=1S/C19H14ClN3O3/c1-11(24)13-3-2-4-15(9-13)21-18(25)17-10-16(22-19(26)23-17)12-5-7-14(20)8-6-12/h2-10H,1H3,(H,21,25)(H,22,23,26). The molecule has 0 saturated carbocycles. The molecule has 1 heterocycles. The molecular weight excluding hydrogens is 354 g/mol. The Bertz CT molecular complexity index is 1040. The number of hydrogen-bond acceptors (Lipinski definition) is 4. The van der Waals surface area contributed by atoms with Crippen molar-refractivity contribution in [2.24, 2.45) is 0 Å². The first-order valence-corrected chi connectivity index (χ1v) is 8.10. The topological polar surface area (TPSA) is 91.9 Å². The van der Waals surface area contributed by atoms with Crippen LogP contribution in [0.2, 0.25) is 5.02 Å². The molecule has 0 fully saturated rings. The predicted octanol–water partition coefficient (Wildman–Crippen LogP) is 3.55. The maximum Gasteiger partial charge on any atom is 0.346 e. The number of rotatable bonds is 4. The molecule has 1 aromatic heterocycles. The SMILES string of the molecule is CC(=O)c1cccc(NC(=O)c2cc(-c3ccc(Cl)cc3)nc(=O)[nH]2)c1. The molecule has 130 valence electrons. The lowest BCUT2D eigenvalue weighted by Crippen LogP contribution is -2.21. The van der Waals surface area contributed by atoms with E-state index in [4.69, 9.17) is 11.6 Å². The van der Waals surface area contributed by atoms with Crippen molar-refractivity contribution in [3.8, 4) is 11.3 Å². The molecule has 0 radical (unpaired) electrons. The fourth-order valence-electron chi connectivity index (χ4n) is 2.36. The average Bonchev–Trinajstić information content (AvgIpc) is 2.62. The van der Waals surface area contributed by atoms with E-state index in [0.717, 1.165) is 0 Å². The van der Waals surface area contributed by atoms with Crippen LogP contribution in [0.25, 0.3) is 11.3 Å². The maximum absolute atomic E-state index is 12.5. The van der Waals surface area contributed by atoms with Crippen molar-refractivity contribution in [3.05, 3.63) is 81.4 Å². The summed E-state index contributed by atoms with van der Waals surface area (Å²) in [6.45, 7) is 1.44. The van der Waals surface area contributed by atoms with Gasteiger partial charge in [0.25, 0.3) is 5.91 Å². The molecule has 0 saturated heterocycles. The lowest BCUT2D eigenvalue weighted by molar-refractivity contribution is 0.100. The number of hydrogen-bond donors (Lipinski definition) is 2. The van der Waals surface area contributed by atoms with Gasteiger partial charge in [0.05, 0.1) is 5.69 Å². The Morgan fingerprint density at radius 2 is 1.81 bits per heavy atom. The zero-order chi connectivity index (χ0) is 18.7. The van der Waals surface area contributed by atoms with Crippen LogP contribution >= 0.6 is 11.6 Å². The summed E-state index contributed by atoms with van der Waals surface area (Å²) in [5.74, 6) is -0.621. The average molecular weight is 368 g/mol. The van der Waals surface area contributed by atoms with E-state index in [0.29, 0.717) is 27.5 Å². The molecule has 0 aliphatic rings. The molecular formula is C19H14ClN3O3. The second kappa shape index (κ2) is 7.33. The first-order chi connectivity index (χ1) is 12.4. The van der Waals surface area contributed by atoms with Crippen LogP contribution in [-0.2, 0) is 0 Å². The van der Waals surface area contributed by atoms with Crippen LogP contribution in [0.3, 0.4) is 0 Å². The van der Waals surface area contributed by atoms with Crippen molar-refractivity contribution >= 4 is 29.0 Å². The van der Waals surface area contributed by atoms with Crippen molar-refractivity contribution in [1.82, 2.24) is 9.97 Å². The van der Waals surface area contributed by atoms with Gasteiger partial charge in [0.1, 0.15) is 5.69 Å². The van der Waals surface area contributed by atoms with Crippen LogP contribution in [0.15, 0.2) is 59.4 Å². The summed E-state index contributed by atoms with van der Waals surface area (Å²) in [6, 6.07) is 14.8. The number of ketones is 1. The number of carbonyl (C=O) groups excluding carboxylic acids is 2. The molecule has 0 aliphatic carbocycles. The Morgan fingerprint density at radius 1 is 1.08 bits per heavy atom. The Kier molecular flexibility index (Phi) is 4.95. The largest absolute Gasteiger partial charge is 0.346 e. The van der Waals surface area contributed by atoms with E-state index in [-0.39, 0.29) is 11.5 Å². The molecule has 0 bridgehead atoms. The minimum absolute atomic E-state index is 0.0585. The van der Waals surface area contributed by atoms with E-state index in [1.54, 1.807) is 48.5 Å². The minimum Gasteiger partial charge on any atom is -0.321 e. The molecule has 6 nitrogen and oxygen atoms in total. The molecule has 3 rings (SSSR count). The highest BCUT2D eigenvalue weighted by atomic mass is 35.5. The van der Waals surface area contributed by atoms with E-state index >= 15 is 0 Å². The first-order valence-electron chi connectivity index (χ1n) is 7.72. The second-order valence-corrected chi connectivity index (χ2v) is 6.02. The van der Waals surface area contributed by atoms with E-state index in [1.165, 1.54) is 13.0 Å². The van der Waals surface area contributed by atoms with Gasteiger partial charge in [-0.15, -0.1) is 0 Å². The Labute approximate surface area is 153 Å². The van der Waals surface area contributed by atoms with E-state index in [1.807, 2.05) is 0 Å². The lowest BCUT2D eigenvalue weighted by Gasteiger charge is -2.07. The maximum atomic E-state index is 12.5. The molecule has 0 aliphatic heterocycles. The summed E-state index contributed by atoms with van der Waals surface area (Å²) in [5, 5.41) is 3.22. The molecule has 3 aromatic rings. The third kappa shape index (κ3) is 4.04. The highest BCUT2D eigenvalue weighted by Crippen LogP contribution is 2.19. The third-order valence-electron chi connectivity index (χ3n) is 3.66. The monoisotopic (exact) mass is 367 g/mol. The van der Waals surface area contributed by atoms with Crippen molar-refractivity contribution in [2.45, 2.75) is 6.92 Å². The van der Waals surface area contributed by atoms with Gasteiger partial charge >= 0.3 is 5.69 Å². The fourth-order valence-corrected chi connectivity index (χ4v) is 2.49. The number of halogens is 1. The van der Waals surface area contributed by atoms with Gasteiger partial charge in [-0.2, -0.15) is 4.98 Å². The van der Waals surface area contributed by atoms with Crippen LogP contribution in [0.5, 0.6) is 0 Å². The van der Waals surface area contributed by atoms with Gasteiger partial charge in [0.15, 0.2) is 5.78 Å². The fraction of sp³-hybridized carbons (Fsp3) is 0.0526. The van der Waals surface area contributed by atoms with Crippen molar-refractivity contribution in [2.75, 3.05) is 5.32 Å². The Morgan fingerprint density at radius 3 is 2.50 bits per heavy atom. The quantitative estimate of drug-likeness (QED) is 0.690. The number of H-pyrrole nitrogens is 1. The number of anilines is 1.